The highest BCUT2D eigenvalue weighted by molar-refractivity contribution is 5.90. The molecular formula is C9H13N5O. The average molecular weight is 207 g/mol. The van der Waals surface area contributed by atoms with Crippen molar-refractivity contribution >= 4 is 5.91 Å². The first-order chi connectivity index (χ1) is 7.34. The maximum Gasteiger partial charge on any atom is 0.295 e. The van der Waals surface area contributed by atoms with Crippen molar-refractivity contribution in [3.63, 3.8) is 0 Å². The number of carbonyl (C=O) groups is 1. The van der Waals surface area contributed by atoms with Crippen molar-refractivity contribution in [2.24, 2.45) is 11.8 Å². The number of aromatic amines is 1. The van der Waals surface area contributed by atoms with Gasteiger partial charge in [0.15, 0.2) is 0 Å². The van der Waals surface area contributed by atoms with Gasteiger partial charge in [-0.05, 0) is 29.9 Å². The molecule has 2 aliphatic rings. The Kier molecular flexibility index (Phi) is 1.93. The monoisotopic (exact) mass is 207 g/mol. The first kappa shape index (κ1) is 8.82. The van der Waals surface area contributed by atoms with E-state index in [0.29, 0.717) is 11.8 Å². The minimum absolute atomic E-state index is 0.0850. The summed E-state index contributed by atoms with van der Waals surface area (Å²) in [6.45, 7) is 1.75. The zero-order valence-electron chi connectivity index (χ0n) is 8.39. The molecule has 1 aliphatic heterocycles. The van der Waals surface area contributed by atoms with Crippen molar-refractivity contribution < 1.29 is 4.79 Å². The van der Waals surface area contributed by atoms with E-state index in [4.69, 9.17) is 0 Å². The fraction of sp³-hybridized carbons (Fsp3) is 0.778. The molecule has 2 fully saturated rings. The van der Waals surface area contributed by atoms with Crippen LogP contribution in [0.25, 0.3) is 0 Å². The molecule has 1 saturated carbocycles. The second-order valence-corrected chi connectivity index (χ2v) is 4.40. The number of amides is 1. The van der Waals surface area contributed by atoms with Crippen molar-refractivity contribution in [1.29, 1.82) is 0 Å². The maximum atomic E-state index is 11.9. The summed E-state index contributed by atoms with van der Waals surface area (Å²) < 4.78 is 0. The third-order valence-electron chi connectivity index (χ3n) is 3.55. The SMILES string of the molecule is O=C(c1nn[nH]n1)N1CC2CCCC2C1. The minimum atomic E-state index is -0.0850. The van der Waals surface area contributed by atoms with Gasteiger partial charge >= 0.3 is 0 Å². The highest BCUT2D eigenvalue weighted by atomic mass is 16.2. The first-order valence-electron chi connectivity index (χ1n) is 5.37. The second-order valence-electron chi connectivity index (χ2n) is 4.40. The molecule has 2 heterocycles. The van der Waals surface area contributed by atoms with Gasteiger partial charge in [0.1, 0.15) is 0 Å². The van der Waals surface area contributed by atoms with Gasteiger partial charge in [0.25, 0.3) is 11.7 Å². The number of hydrogen-bond donors (Lipinski definition) is 1. The standard InChI is InChI=1S/C9H13N5O/c15-9(8-10-12-13-11-8)14-4-6-2-1-3-7(6)5-14/h6-7H,1-5H2,(H,10,11,12,13). The first-order valence-corrected chi connectivity index (χ1v) is 5.37. The van der Waals surface area contributed by atoms with Crippen LogP contribution in [0.5, 0.6) is 0 Å². The number of fused-ring (bicyclic) bond motifs is 1. The summed E-state index contributed by atoms with van der Waals surface area (Å²) in [4.78, 5) is 13.7. The van der Waals surface area contributed by atoms with Crippen molar-refractivity contribution in [3.8, 4) is 0 Å². The molecule has 1 aliphatic carbocycles. The Morgan fingerprint density at radius 2 is 2.07 bits per heavy atom. The summed E-state index contributed by atoms with van der Waals surface area (Å²) in [7, 11) is 0. The van der Waals surface area contributed by atoms with Gasteiger partial charge in [-0.15, -0.1) is 10.2 Å². The number of H-pyrrole nitrogens is 1. The predicted octanol–water partition coefficient (Wildman–Crippen LogP) is 0.0718. The smallest absolute Gasteiger partial charge is 0.295 e. The Morgan fingerprint density at radius 3 is 2.67 bits per heavy atom. The number of rotatable bonds is 1. The number of likely N-dealkylation sites (tertiary alicyclic amines) is 1. The van der Waals surface area contributed by atoms with Crippen LogP contribution in [0.2, 0.25) is 0 Å². The minimum Gasteiger partial charge on any atom is -0.335 e. The van der Waals surface area contributed by atoms with E-state index in [-0.39, 0.29) is 11.7 Å². The second kappa shape index (κ2) is 3.29. The molecule has 1 N–H and O–H groups in total. The van der Waals surface area contributed by atoms with Crippen LogP contribution in [0.3, 0.4) is 0 Å². The van der Waals surface area contributed by atoms with Gasteiger partial charge in [0, 0.05) is 13.1 Å². The van der Waals surface area contributed by atoms with E-state index in [2.05, 4.69) is 20.6 Å². The Bertz CT molecular complexity index is 351. The molecule has 0 spiro atoms. The van der Waals surface area contributed by atoms with Crippen LogP contribution in [-0.2, 0) is 0 Å². The average Bonchev–Trinajstić information content (AvgIpc) is 2.92. The molecule has 1 amide bonds. The lowest BCUT2D eigenvalue weighted by Gasteiger charge is -2.14. The number of carbonyl (C=O) groups excluding carboxylic acids is 1. The molecule has 1 aromatic heterocycles. The molecule has 2 atom stereocenters. The Morgan fingerprint density at radius 1 is 1.33 bits per heavy atom. The third-order valence-corrected chi connectivity index (χ3v) is 3.55. The molecule has 6 nitrogen and oxygen atoms in total. The van der Waals surface area contributed by atoms with E-state index in [0.717, 1.165) is 13.1 Å². The number of tetrazole rings is 1. The lowest BCUT2D eigenvalue weighted by molar-refractivity contribution is 0.0768. The topological polar surface area (TPSA) is 74.8 Å². The van der Waals surface area contributed by atoms with Crippen LogP contribution in [-0.4, -0.2) is 44.5 Å². The summed E-state index contributed by atoms with van der Waals surface area (Å²) >= 11 is 0. The molecule has 3 rings (SSSR count). The molecule has 15 heavy (non-hydrogen) atoms. The zero-order valence-corrected chi connectivity index (χ0v) is 8.39. The molecular weight excluding hydrogens is 194 g/mol. The van der Waals surface area contributed by atoms with Crippen LogP contribution in [0.4, 0.5) is 0 Å². The zero-order chi connectivity index (χ0) is 10.3. The lowest BCUT2D eigenvalue weighted by atomic mass is 10.0. The van der Waals surface area contributed by atoms with Crippen LogP contribution in [0.15, 0.2) is 0 Å². The predicted molar refractivity (Wildman–Crippen MR) is 50.9 cm³/mol. The van der Waals surface area contributed by atoms with Gasteiger partial charge in [0.05, 0.1) is 0 Å². The van der Waals surface area contributed by atoms with Gasteiger partial charge in [-0.1, -0.05) is 6.42 Å². The van der Waals surface area contributed by atoms with E-state index >= 15 is 0 Å². The van der Waals surface area contributed by atoms with Gasteiger partial charge < -0.3 is 4.90 Å². The quantitative estimate of drug-likeness (QED) is 0.707. The Balaban J connectivity index is 1.72. The fourth-order valence-electron chi connectivity index (χ4n) is 2.79. The van der Waals surface area contributed by atoms with Gasteiger partial charge in [0.2, 0.25) is 0 Å². The summed E-state index contributed by atoms with van der Waals surface area (Å²) in [6.07, 6.45) is 3.85. The molecule has 0 radical (unpaired) electrons. The van der Waals surface area contributed by atoms with E-state index in [1.54, 1.807) is 0 Å². The molecule has 2 unspecified atom stereocenters. The van der Waals surface area contributed by atoms with Crippen molar-refractivity contribution in [2.75, 3.05) is 13.1 Å². The molecule has 1 aromatic rings. The largest absolute Gasteiger partial charge is 0.335 e. The maximum absolute atomic E-state index is 11.9. The van der Waals surface area contributed by atoms with E-state index in [1.807, 2.05) is 4.90 Å². The summed E-state index contributed by atoms with van der Waals surface area (Å²) in [6, 6.07) is 0. The number of nitrogens with zero attached hydrogens (tertiary/aromatic N) is 4. The van der Waals surface area contributed by atoms with Gasteiger partial charge in [-0.2, -0.15) is 5.21 Å². The summed E-state index contributed by atoms with van der Waals surface area (Å²) in [5.74, 6) is 1.52. The van der Waals surface area contributed by atoms with E-state index in [1.165, 1.54) is 19.3 Å². The molecule has 80 valence electrons. The van der Waals surface area contributed by atoms with Gasteiger partial charge in [-0.25, -0.2) is 0 Å². The Hall–Kier alpha value is -1.46. The van der Waals surface area contributed by atoms with Gasteiger partial charge in [-0.3, -0.25) is 4.79 Å². The number of hydrogen-bond acceptors (Lipinski definition) is 4. The van der Waals surface area contributed by atoms with E-state index < -0.39 is 0 Å². The fourth-order valence-corrected chi connectivity index (χ4v) is 2.79. The number of nitrogens with one attached hydrogen (secondary N) is 1. The molecule has 1 saturated heterocycles. The highest BCUT2D eigenvalue weighted by Gasteiger charge is 2.38. The number of aromatic nitrogens is 4. The highest BCUT2D eigenvalue weighted by Crippen LogP contribution is 2.37. The Labute approximate surface area is 87.0 Å². The summed E-state index contributed by atoms with van der Waals surface area (Å²) in [5, 5.41) is 13.1. The summed E-state index contributed by atoms with van der Waals surface area (Å²) in [5.41, 5.74) is 0. The normalized spacial score (nSPS) is 29.5. The molecule has 0 aromatic carbocycles. The van der Waals surface area contributed by atoms with E-state index in [9.17, 15) is 4.79 Å². The lowest BCUT2D eigenvalue weighted by Crippen LogP contribution is -2.30. The van der Waals surface area contributed by atoms with Crippen molar-refractivity contribution in [1.82, 2.24) is 25.5 Å². The molecule has 0 bridgehead atoms. The van der Waals surface area contributed by atoms with Crippen LogP contribution in [0.1, 0.15) is 29.9 Å². The third kappa shape index (κ3) is 1.40. The van der Waals surface area contributed by atoms with Crippen molar-refractivity contribution in [2.45, 2.75) is 19.3 Å². The van der Waals surface area contributed by atoms with Crippen molar-refractivity contribution in [3.05, 3.63) is 5.82 Å². The molecule has 6 heteroatoms. The van der Waals surface area contributed by atoms with Crippen LogP contribution < -0.4 is 0 Å². The van der Waals surface area contributed by atoms with Crippen LogP contribution >= 0.6 is 0 Å². The van der Waals surface area contributed by atoms with Crippen LogP contribution in [0, 0.1) is 11.8 Å².